The molecule has 0 spiro atoms. The number of ether oxygens (including phenoxy) is 1. The fraction of sp³-hybridized carbons (Fsp3) is 0.343. The van der Waals surface area contributed by atoms with Crippen LogP contribution in [0.2, 0.25) is 5.02 Å². The summed E-state index contributed by atoms with van der Waals surface area (Å²) in [5, 5.41) is 19.6. The van der Waals surface area contributed by atoms with E-state index in [1.54, 1.807) is 41.3 Å². The number of hydrogen-bond acceptors (Lipinski definition) is 8. The van der Waals surface area contributed by atoms with Gasteiger partial charge in [0.1, 0.15) is 11.5 Å². The molecular formula is C35H30BrClN4O6S. The Morgan fingerprint density at radius 1 is 1.12 bits per heavy atom. The molecule has 4 aliphatic rings. The van der Waals surface area contributed by atoms with Gasteiger partial charge in [0.05, 0.1) is 39.6 Å². The number of nitrogens with zero attached hydrogens (tertiary/aromatic N) is 3. The molecule has 8 rings (SSSR count). The minimum atomic E-state index is -1.26. The van der Waals surface area contributed by atoms with Gasteiger partial charge in [0.15, 0.2) is 11.5 Å². The third-order valence-corrected chi connectivity index (χ3v) is 13.1. The van der Waals surface area contributed by atoms with Crippen molar-refractivity contribution in [3.8, 4) is 22.1 Å². The number of fused-ring (bicyclic) bond motifs is 5. The molecule has 6 atom stereocenters. The van der Waals surface area contributed by atoms with Crippen molar-refractivity contribution in [2.45, 2.75) is 32.6 Å². The van der Waals surface area contributed by atoms with E-state index in [1.165, 1.54) is 12.0 Å². The number of anilines is 1. The molecule has 3 fully saturated rings. The Morgan fingerprint density at radius 3 is 2.65 bits per heavy atom. The Hall–Kier alpha value is -4.00. The Balaban J connectivity index is 1.27. The lowest BCUT2D eigenvalue weighted by atomic mass is 9.51. The first-order valence-electron chi connectivity index (χ1n) is 15.6. The van der Waals surface area contributed by atoms with Gasteiger partial charge >= 0.3 is 0 Å². The fourth-order valence-corrected chi connectivity index (χ4v) is 10.4. The first kappa shape index (κ1) is 31.3. The third-order valence-electron chi connectivity index (χ3n) is 10.9. The van der Waals surface area contributed by atoms with E-state index in [0.29, 0.717) is 33.0 Å². The lowest BCUT2D eigenvalue weighted by Crippen LogP contribution is -2.48. The molecule has 0 bridgehead atoms. The number of thiophene rings is 1. The van der Waals surface area contributed by atoms with E-state index in [4.69, 9.17) is 21.4 Å². The average Bonchev–Trinajstić information content (AvgIpc) is 3.73. The molecule has 246 valence electrons. The molecule has 6 unspecified atom stereocenters. The van der Waals surface area contributed by atoms with E-state index in [1.807, 2.05) is 38.1 Å². The Morgan fingerprint density at radius 2 is 1.90 bits per heavy atom. The monoisotopic (exact) mass is 748 g/mol. The zero-order chi connectivity index (χ0) is 34.0. The summed E-state index contributed by atoms with van der Waals surface area (Å²) in [5.74, 6) is -4.03. The summed E-state index contributed by atoms with van der Waals surface area (Å²) < 4.78 is 8.46. The summed E-state index contributed by atoms with van der Waals surface area (Å²) >= 11 is 11.3. The number of halogens is 2. The number of carbonyl (C=O) groups excluding carboxylic acids is 4. The molecular weight excluding hydrogens is 720 g/mol. The van der Waals surface area contributed by atoms with E-state index >= 15 is 0 Å². The van der Waals surface area contributed by atoms with Crippen LogP contribution in [0.5, 0.6) is 11.5 Å². The fourth-order valence-electron chi connectivity index (χ4n) is 8.66. The third kappa shape index (κ3) is 4.18. The van der Waals surface area contributed by atoms with Crippen molar-refractivity contribution in [1.82, 2.24) is 15.1 Å². The quantitative estimate of drug-likeness (QED) is 0.186. The summed E-state index contributed by atoms with van der Waals surface area (Å²) in [6.45, 7) is 3.82. The van der Waals surface area contributed by atoms with E-state index < -0.39 is 35.0 Å². The van der Waals surface area contributed by atoms with Gasteiger partial charge in [-0.2, -0.15) is 5.10 Å². The second kappa shape index (κ2) is 10.8. The maximum atomic E-state index is 14.9. The van der Waals surface area contributed by atoms with Gasteiger partial charge in [-0.25, -0.2) is 4.90 Å². The van der Waals surface area contributed by atoms with Gasteiger partial charge in [0.2, 0.25) is 23.6 Å². The Bertz CT molecular complexity index is 2170. The molecule has 0 radical (unpaired) electrons. The largest absolute Gasteiger partial charge is 0.503 e. The summed E-state index contributed by atoms with van der Waals surface area (Å²) in [7, 11) is 3.15. The van der Waals surface area contributed by atoms with Crippen LogP contribution >= 0.6 is 38.9 Å². The number of amides is 4. The van der Waals surface area contributed by atoms with E-state index in [2.05, 4.69) is 21.2 Å². The van der Waals surface area contributed by atoms with E-state index in [9.17, 15) is 24.3 Å². The molecule has 2 aromatic heterocycles. The van der Waals surface area contributed by atoms with Crippen molar-refractivity contribution in [1.29, 1.82) is 0 Å². The van der Waals surface area contributed by atoms with Crippen LogP contribution in [-0.4, -0.2) is 45.6 Å². The van der Waals surface area contributed by atoms with Crippen LogP contribution in [0.25, 0.3) is 20.7 Å². The molecule has 4 heterocycles. The molecule has 10 nitrogen and oxygen atoms in total. The predicted octanol–water partition coefficient (Wildman–Crippen LogP) is 6.26. The van der Waals surface area contributed by atoms with Crippen molar-refractivity contribution >= 4 is 78.4 Å². The predicted molar refractivity (Wildman–Crippen MR) is 184 cm³/mol. The number of allylic oxidation sites excluding steroid dienone is 2. The van der Waals surface area contributed by atoms with Crippen molar-refractivity contribution < 1.29 is 29.0 Å². The number of aromatic hydroxyl groups is 1. The number of imide groups is 2. The van der Waals surface area contributed by atoms with Crippen LogP contribution in [0.3, 0.4) is 0 Å². The number of benzene rings is 2. The van der Waals surface area contributed by atoms with Crippen molar-refractivity contribution in [3.05, 3.63) is 68.7 Å². The molecule has 1 saturated carbocycles. The van der Waals surface area contributed by atoms with Crippen LogP contribution in [0.15, 0.2) is 52.5 Å². The number of aryl methyl sites for hydroxylation is 2. The standard InChI is InChI=1S/C35H30BrClN4O6S/c1-14-19-11-16(37)5-8-25(19)48-30(14)23-13-26(40(3)39-23)41-33(45)21-12-20-17(6-7-18-27(20)32(44)38-31(18)43)28(35(21,2)34(41)46)15-9-22(36)29(42)24(10-15)47-4/h5-6,8-11,13,18,20-21,27-28,42H,7,12H2,1-4H3,(H,38,43,44). The number of hydrogen-bond donors (Lipinski definition) is 2. The summed E-state index contributed by atoms with van der Waals surface area (Å²) in [6.07, 6.45) is 2.56. The zero-order valence-electron chi connectivity index (χ0n) is 26.3. The highest BCUT2D eigenvalue weighted by Crippen LogP contribution is 2.64. The van der Waals surface area contributed by atoms with Crippen LogP contribution in [0.1, 0.15) is 36.8 Å². The van der Waals surface area contributed by atoms with Crippen molar-refractivity contribution in [2.75, 3.05) is 12.0 Å². The number of methoxy groups -OCH3 is 1. The van der Waals surface area contributed by atoms with Crippen LogP contribution in [0.4, 0.5) is 5.82 Å². The van der Waals surface area contributed by atoms with Gasteiger partial charge in [-0.15, -0.1) is 11.3 Å². The SMILES string of the molecule is COc1cc(C2C3=CCC4C(=O)NC(=O)C4C3CC3C(=O)N(c4cc(-c5sc6ccc(Cl)cc6c5C)nn4C)C(=O)C32C)cc(Br)c1O. The van der Waals surface area contributed by atoms with Crippen LogP contribution in [0, 0.1) is 36.0 Å². The Kier molecular flexibility index (Phi) is 7.01. The second-order valence-electron chi connectivity index (χ2n) is 13.3. The highest BCUT2D eigenvalue weighted by Gasteiger charge is 2.67. The second-order valence-corrected chi connectivity index (χ2v) is 15.6. The van der Waals surface area contributed by atoms with Gasteiger partial charge in [-0.3, -0.25) is 29.2 Å². The van der Waals surface area contributed by atoms with Gasteiger partial charge in [0, 0.05) is 28.8 Å². The highest BCUT2D eigenvalue weighted by molar-refractivity contribution is 9.10. The normalized spacial score (nSPS) is 28.0. The van der Waals surface area contributed by atoms with Crippen molar-refractivity contribution in [3.63, 3.8) is 0 Å². The average molecular weight is 750 g/mol. The van der Waals surface area contributed by atoms with Crippen molar-refractivity contribution in [2.24, 2.45) is 36.1 Å². The van der Waals surface area contributed by atoms with E-state index in [0.717, 1.165) is 26.1 Å². The molecule has 2 aliphatic carbocycles. The first-order valence-corrected chi connectivity index (χ1v) is 17.6. The van der Waals surface area contributed by atoms with E-state index in [-0.39, 0.29) is 41.5 Å². The van der Waals surface area contributed by atoms with Gasteiger partial charge in [-0.1, -0.05) is 23.3 Å². The minimum absolute atomic E-state index is 0.0922. The number of nitrogens with one attached hydrogen (secondary N) is 1. The first-order chi connectivity index (χ1) is 22.8. The minimum Gasteiger partial charge on any atom is -0.503 e. The molecule has 2 N–H and O–H groups in total. The molecule has 2 aliphatic heterocycles. The number of rotatable bonds is 4. The molecule has 2 aromatic carbocycles. The lowest BCUT2D eigenvalue weighted by molar-refractivity contribution is -0.131. The lowest BCUT2D eigenvalue weighted by Gasteiger charge is -2.49. The van der Waals surface area contributed by atoms with Gasteiger partial charge in [0.25, 0.3) is 0 Å². The molecule has 4 aromatic rings. The number of phenols is 1. The summed E-state index contributed by atoms with van der Waals surface area (Å²) in [6, 6.07) is 10.9. The topological polar surface area (TPSA) is 131 Å². The molecule has 4 amide bonds. The molecule has 2 saturated heterocycles. The number of aromatic nitrogens is 2. The smallest absolute Gasteiger partial charge is 0.242 e. The Labute approximate surface area is 292 Å². The molecule has 48 heavy (non-hydrogen) atoms. The maximum Gasteiger partial charge on any atom is 0.242 e. The maximum absolute atomic E-state index is 14.9. The van der Waals surface area contributed by atoms with Crippen LogP contribution in [-0.2, 0) is 26.2 Å². The summed E-state index contributed by atoms with van der Waals surface area (Å²) in [5.41, 5.74) is 1.86. The number of phenolic OH excluding ortho intramolecular Hbond substituents is 1. The van der Waals surface area contributed by atoms with Gasteiger partial charge in [-0.05, 0) is 95.4 Å². The van der Waals surface area contributed by atoms with Gasteiger partial charge < -0.3 is 9.84 Å². The number of carbonyl (C=O) groups is 4. The summed E-state index contributed by atoms with van der Waals surface area (Å²) in [4.78, 5) is 57.7. The highest BCUT2D eigenvalue weighted by atomic mass is 79.9. The molecule has 13 heteroatoms. The zero-order valence-corrected chi connectivity index (χ0v) is 29.5. The van der Waals surface area contributed by atoms with Crippen LogP contribution < -0.4 is 15.0 Å².